The molecule has 1 aromatic carbocycles. The Morgan fingerprint density at radius 1 is 1.29 bits per heavy atom. The van der Waals surface area contributed by atoms with Crippen LogP contribution in [-0.4, -0.2) is 24.2 Å². The van der Waals surface area contributed by atoms with E-state index >= 15 is 0 Å². The summed E-state index contributed by atoms with van der Waals surface area (Å²) in [5.41, 5.74) is 0.791. The van der Waals surface area contributed by atoms with E-state index in [2.05, 4.69) is 5.32 Å². The number of methoxy groups -OCH3 is 1. The number of aliphatic hydroxyl groups excluding tert-OH is 1. The van der Waals surface area contributed by atoms with Gasteiger partial charge in [-0.25, -0.2) is 0 Å². The molecule has 4 nitrogen and oxygen atoms in total. The van der Waals surface area contributed by atoms with Gasteiger partial charge in [-0.1, -0.05) is 18.6 Å². The molecule has 0 aliphatic heterocycles. The minimum atomic E-state index is -0.696. The van der Waals surface area contributed by atoms with Gasteiger partial charge in [0.1, 0.15) is 5.75 Å². The second-order valence-electron chi connectivity index (χ2n) is 6.30. The predicted molar refractivity (Wildman–Crippen MR) is 79.9 cm³/mol. The van der Waals surface area contributed by atoms with Gasteiger partial charge in [-0.05, 0) is 49.3 Å². The molecular formula is C17H23NO3. The molecule has 0 spiro atoms. The molecule has 2 aliphatic carbocycles. The molecule has 1 aromatic rings. The number of carbonyl (C=O) groups excluding carboxylic acids is 1. The van der Waals surface area contributed by atoms with Crippen LogP contribution in [0.2, 0.25) is 0 Å². The topological polar surface area (TPSA) is 58.6 Å². The highest BCUT2D eigenvalue weighted by Crippen LogP contribution is 2.57. The standard InChI is InChI=1S/C17H23NO3/c1-10(16(19)11-6-8-12(21-2)9-7-11)18-17(20)15-13-4-3-5-14(13)15/h6-10,13-16,19H,3-5H2,1-2H3,(H,18,20). The first-order chi connectivity index (χ1) is 10.1. The molecule has 0 aromatic heterocycles. The fraction of sp³-hybridized carbons (Fsp3) is 0.588. The van der Waals surface area contributed by atoms with Gasteiger partial charge in [-0.15, -0.1) is 0 Å². The lowest BCUT2D eigenvalue weighted by Crippen LogP contribution is -2.38. The summed E-state index contributed by atoms with van der Waals surface area (Å²) in [4.78, 5) is 12.2. The van der Waals surface area contributed by atoms with E-state index in [0.29, 0.717) is 11.8 Å². The van der Waals surface area contributed by atoms with E-state index in [9.17, 15) is 9.90 Å². The number of carbonyl (C=O) groups is 1. The van der Waals surface area contributed by atoms with E-state index in [4.69, 9.17) is 4.74 Å². The second-order valence-corrected chi connectivity index (χ2v) is 6.30. The number of rotatable bonds is 5. The first kappa shape index (κ1) is 14.4. The Morgan fingerprint density at radius 2 is 1.90 bits per heavy atom. The fourth-order valence-corrected chi connectivity index (χ4v) is 3.70. The minimum Gasteiger partial charge on any atom is -0.497 e. The average Bonchev–Trinajstić information content (AvgIpc) is 3.00. The van der Waals surface area contributed by atoms with Crippen molar-refractivity contribution in [1.29, 1.82) is 0 Å². The highest BCUT2D eigenvalue weighted by molar-refractivity contribution is 5.82. The van der Waals surface area contributed by atoms with Crippen molar-refractivity contribution in [3.8, 4) is 5.75 Å². The molecule has 1 amide bonds. The SMILES string of the molecule is COc1ccc(C(O)C(C)NC(=O)C2C3CCCC32)cc1. The number of fused-ring (bicyclic) bond motifs is 1. The van der Waals surface area contributed by atoms with Crippen molar-refractivity contribution in [3.63, 3.8) is 0 Å². The summed E-state index contributed by atoms with van der Waals surface area (Å²) in [7, 11) is 1.61. The zero-order valence-corrected chi connectivity index (χ0v) is 12.6. The van der Waals surface area contributed by atoms with Crippen LogP contribution in [0.25, 0.3) is 0 Å². The van der Waals surface area contributed by atoms with Crippen molar-refractivity contribution in [1.82, 2.24) is 5.32 Å². The van der Waals surface area contributed by atoms with E-state index in [1.165, 1.54) is 19.3 Å². The molecule has 4 atom stereocenters. The van der Waals surface area contributed by atoms with Crippen LogP contribution >= 0.6 is 0 Å². The van der Waals surface area contributed by atoms with Crippen molar-refractivity contribution in [2.24, 2.45) is 17.8 Å². The number of nitrogens with one attached hydrogen (secondary N) is 1. The van der Waals surface area contributed by atoms with Crippen molar-refractivity contribution < 1.29 is 14.6 Å². The Bertz CT molecular complexity index is 503. The third-order valence-corrected chi connectivity index (χ3v) is 5.01. The van der Waals surface area contributed by atoms with Gasteiger partial charge in [0.15, 0.2) is 0 Å². The molecule has 4 unspecified atom stereocenters. The van der Waals surface area contributed by atoms with Crippen molar-refractivity contribution >= 4 is 5.91 Å². The summed E-state index contributed by atoms with van der Waals surface area (Å²) in [6.45, 7) is 1.85. The smallest absolute Gasteiger partial charge is 0.223 e. The fourth-order valence-electron chi connectivity index (χ4n) is 3.70. The van der Waals surface area contributed by atoms with E-state index in [0.717, 1.165) is 11.3 Å². The van der Waals surface area contributed by atoms with Crippen molar-refractivity contribution in [3.05, 3.63) is 29.8 Å². The third-order valence-electron chi connectivity index (χ3n) is 5.01. The maximum Gasteiger partial charge on any atom is 0.223 e. The molecule has 2 N–H and O–H groups in total. The zero-order valence-electron chi connectivity index (χ0n) is 12.6. The van der Waals surface area contributed by atoms with Gasteiger partial charge in [0.2, 0.25) is 5.91 Å². The minimum absolute atomic E-state index is 0.116. The molecule has 0 bridgehead atoms. The van der Waals surface area contributed by atoms with Crippen LogP contribution < -0.4 is 10.1 Å². The molecule has 0 heterocycles. The van der Waals surface area contributed by atoms with Gasteiger partial charge in [-0.3, -0.25) is 4.79 Å². The lowest BCUT2D eigenvalue weighted by atomic mass is 10.0. The largest absolute Gasteiger partial charge is 0.497 e. The van der Waals surface area contributed by atoms with E-state index in [-0.39, 0.29) is 17.9 Å². The van der Waals surface area contributed by atoms with Crippen LogP contribution in [0, 0.1) is 17.8 Å². The second kappa shape index (κ2) is 5.68. The first-order valence-corrected chi connectivity index (χ1v) is 7.74. The van der Waals surface area contributed by atoms with E-state index < -0.39 is 6.10 Å². The summed E-state index contributed by atoms with van der Waals surface area (Å²) in [5.74, 6) is 2.29. The van der Waals surface area contributed by atoms with Gasteiger partial charge >= 0.3 is 0 Å². The van der Waals surface area contributed by atoms with E-state index in [1.54, 1.807) is 7.11 Å². The Morgan fingerprint density at radius 3 is 2.48 bits per heavy atom. The molecule has 21 heavy (non-hydrogen) atoms. The Balaban J connectivity index is 1.56. The molecular weight excluding hydrogens is 266 g/mol. The lowest BCUT2D eigenvalue weighted by Gasteiger charge is -2.21. The predicted octanol–water partition coefficient (Wildman–Crippen LogP) is 2.28. The quantitative estimate of drug-likeness (QED) is 0.874. The summed E-state index contributed by atoms with van der Waals surface area (Å²) in [6.07, 6.45) is 2.96. The third kappa shape index (κ3) is 2.77. The monoisotopic (exact) mass is 289 g/mol. The highest BCUT2D eigenvalue weighted by Gasteiger charge is 2.56. The molecule has 3 rings (SSSR count). The van der Waals surface area contributed by atoms with Crippen LogP contribution in [0.3, 0.4) is 0 Å². The number of amides is 1. The maximum atomic E-state index is 12.2. The Hall–Kier alpha value is -1.55. The van der Waals surface area contributed by atoms with Gasteiger partial charge in [0.05, 0.1) is 19.3 Å². The van der Waals surface area contributed by atoms with E-state index in [1.807, 2.05) is 31.2 Å². The van der Waals surface area contributed by atoms with Gasteiger partial charge in [0, 0.05) is 5.92 Å². The van der Waals surface area contributed by atoms with Crippen LogP contribution in [0.4, 0.5) is 0 Å². The summed E-state index contributed by atoms with van der Waals surface area (Å²) in [6, 6.07) is 7.01. The normalized spacial score (nSPS) is 29.4. The summed E-state index contributed by atoms with van der Waals surface area (Å²) < 4.78 is 5.10. The number of benzene rings is 1. The molecule has 0 radical (unpaired) electrons. The van der Waals surface area contributed by atoms with Gasteiger partial charge < -0.3 is 15.2 Å². The maximum absolute atomic E-state index is 12.2. The number of hydrogen-bond donors (Lipinski definition) is 2. The van der Waals surface area contributed by atoms with Crippen molar-refractivity contribution in [2.45, 2.75) is 38.3 Å². The molecule has 2 fully saturated rings. The Kier molecular flexibility index (Phi) is 3.89. The highest BCUT2D eigenvalue weighted by atomic mass is 16.5. The van der Waals surface area contributed by atoms with Gasteiger partial charge in [-0.2, -0.15) is 0 Å². The number of ether oxygens (including phenoxy) is 1. The van der Waals surface area contributed by atoms with Gasteiger partial charge in [0.25, 0.3) is 0 Å². The molecule has 114 valence electrons. The van der Waals surface area contributed by atoms with Crippen LogP contribution in [0.5, 0.6) is 5.75 Å². The van der Waals surface area contributed by atoms with Crippen LogP contribution in [0.1, 0.15) is 37.9 Å². The molecule has 4 heteroatoms. The first-order valence-electron chi connectivity index (χ1n) is 7.74. The zero-order chi connectivity index (χ0) is 15.0. The molecule has 0 saturated heterocycles. The molecule has 2 aliphatic rings. The average molecular weight is 289 g/mol. The lowest BCUT2D eigenvalue weighted by molar-refractivity contribution is -0.124. The summed E-state index contributed by atoms with van der Waals surface area (Å²) in [5, 5.41) is 13.3. The van der Waals surface area contributed by atoms with Crippen LogP contribution in [-0.2, 0) is 4.79 Å². The van der Waals surface area contributed by atoms with Crippen LogP contribution in [0.15, 0.2) is 24.3 Å². The van der Waals surface area contributed by atoms with Crippen molar-refractivity contribution in [2.75, 3.05) is 7.11 Å². The molecule has 2 saturated carbocycles. The Labute approximate surface area is 125 Å². The summed E-state index contributed by atoms with van der Waals surface area (Å²) >= 11 is 0. The number of hydrogen-bond acceptors (Lipinski definition) is 3. The number of aliphatic hydroxyl groups is 1.